The van der Waals surface area contributed by atoms with Gasteiger partial charge in [-0.2, -0.15) is 0 Å². The molecular formula is C28H26N4O2S. The number of hydrogen-bond donors (Lipinski definition) is 1. The van der Waals surface area contributed by atoms with Gasteiger partial charge in [-0.15, -0.1) is 10.2 Å². The van der Waals surface area contributed by atoms with Gasteiger partial charge in [0.25, 0.3) is 0 Å². The lowest BCUT2D eigenvalue weighted by Crippen LogP contribution is -2.22. The molecule has 6 nitrogen and oxygen atoms in total. The first-order valence-corrected chi connectivity index (χ1v) is 13.1. The second kappa shape index (κ2) is 9.82. The van der Waals surface area contributed by atoms with Crippen LogP contribution in [0.4, 0.5) is 0 Å². The molecule has 0 amide bonds. The summed E-state index contributed by atoms with van der Waals surface area (Å²) in [7, 11) is -3.78. The second-order valence-electron chi connectivity index (χ2n) is 8.65. The summed E-state index contributed by atoms with van der Waals surface area (Å²) in [6.07, 6.45) is 0.526. The van der Waals surface area contributed by atoms with Gasteiger partial charge in [-0.1, -0.05) is 103 Å². The van der Waals surface area contributed by atoms with Gasteiger partial charge in [0.2, 0.25) is 15.0 Å². The predicted molar refractivity (Wildman–Crippen MR) is 137 cm³/mol. The van der Waals surface area contributed by atoms with E-state index in [4.69, 9.17) is 5.73 Å². The molecule has 0 radical (unpaired) electrons. The number of fused-ring (bicyclic) bond motifs is 1. The van der Waals surface area contributed by atoms with Crippen molar-refractivity contribution in [3.8, 4) is 0 Å². The van der Waals surface area contributed by atoms with Gasteiger partial charge in [-0.25, -0.2) is 8.42 Å². The normalized spacial score (nSPS) is 12.6. The molecule has 1 heterocycles. The molecular weight excluding hydrogens is 456 g/mol. The average molecular weight is 483 g/mol. The fourth-order valence-corrected chi connectivity index (χ4v) is 5.70. The van der Waals surface area contributed by atoms with Crippen molar-refractivity contribution in [2.24, 2.45) is 5.73 Å². The Balaban J connectivity index is 1.51. The van der Waals surface area contributed by atoms with Gasteiger partial charge in [0, 0.05) is 0 Å². The Hall–Kier alpha value is -3.81. The molecule has 7 heteroatoms. The van der Waals surface area contributed by atoms with Crippen molar-refractivity contribution in [3.63, 3.8) is 0 Å². The van der Waals surface area contributed by atoms with Crippen LogP contribution in [0.2, 0.25) is 0 Å². The Morgan fingerprint density at radius 2 is 1.34 bits per heavy atom. The van der Waals surface area contributed by atoms with E-state index < -0.39 is 15.9 Å². The van der Waals surface area contributed by atoms with Crippen LogP contribution in [-0.4, -0.2) is 23.2 Å². The largest absolute Gasteiger partial charge is 0.321 e. The van der Waals surface area contributed by atoms with Crippen LogP contribution < -0.4 is 5.73 Å². The Labute approximate surface area is 205 Å². The first kappa shape index (κ1) is 23.0. The monoisotopic (exact) mass is 482 g/mol. The smallest absolute Gasteiger partial charge is 0.250 e. The Morgan fingerprint density at radius 3 is 2.06 bits per heavy atom. The molecule has 0 bridgehead atoms. The van der Waals surface area contributed by atoms with Gasteiger partial charge in [0.15, 0.2) is 5.82 Å². The molecule has 35 heavy (non-hydrogen) atoms. The zero-order valence-electron chi connectivity index (χ0n) is 19.2. The Morgan fingerprint density at radius 1 is 0.714 bits per heavy atom. The van der Waals surface area contributed by atoms with Gasteiger partial charge < -0.3 is 5.73 Å². The van der Waals surface area contributed by atoms with E-state index in [1.807, 2.05) is 103 Å². The number of hydrogen-bond acceptors (Lipinski definition) is 5. The maximum atomic E-state index is 13.6. The van der Waals surface area contributed by atoms with Crippen LogP contribution in [0.15, 0.2) is 108 Å². The first-order chi connectivity index (χ1) is 17.0. The zero-order valence-corrected chi connectivity index (χ0v) is 20.0. The molecule has 0 unspecified atom stereocenters. The quantitative estimate of drug-likeness (QED) is 0.346. The van der Waals surface area contributed by atoms with Crippen molar-refractivity contribution in [1.82, 2.24) is 14.8 Å². The van der Waals surface area contributed by atoms with Crippen LogP contribution in [0.1, 0.15) is 28.6 Å². The maximum Gasteiger partial charge on any atom is 0.250 e. The molecule has 176 valence electrons. The number of nitrogens with two attached hydrogens (primary N) is 1. The minimum atomic E-state index is -3.78. The summed E-state index contributed by atoms with van der Waals surface area (Å²) >= 11 is 0. The van der Waals surface area contributed by atoms with Crippen LogP contribution in [0.3, 0.4) is 0 Å². The topological polar surface area (TPSA) is 90.9 Å². The van der Waals surface area contributed by atoms with Crippen LogP contribution in [0.25, 0.3) is 10.8 Å². The third kappa shape index (κ3) is 5.16. The van der Waals surface area contributed by atoms with E-state index in [1.165, 1.54) is 0 Å². The van der Waals surface area contributed by atoms with E-state index in [9.17, 15) is 8.42 Å². The van der Waals surface area contributed by atoms with Crippen molar-refractivity contribution in [1.29, 1.82) is 0 Å². The fraction of sp³-hybridized carbons (Fsp3) is 0.143. The van der Waals surface area contributed by atoms with E-state index in [1.54, 1.807) is 4.57 Å². The highest BCUT2D eigenvalue weighted by Gasteiger charge is 2.28. The highest BCUT2D eigenvalue weighted by Crippen LogP contribution is 2.24. The van der Waals surface area contributed by atoms with Gasteiger partial charge >= 0.3 is 0 Å². The molecule has 5 aromatic rings. The van der Waals surface area contributed by atoms with Crippen molar-refractivity contribution in [2.45, 2.75) is 29.9 Å². The second-order valence-corrected chi connectivity index (χ2v) is 10.5. The lowest BCUT2D eigenvalue weighted by atomic mass is 10.1. The summed E-state index contributed by atoms with van der Waals surface area (Å²) in [6.45, 7) is 0.317. The molecule has 0 aliphatic rings. The summed E-state index contributed by atoms with van der Waals surface area (Å²) in [5.41, 5.74) is 9.23. The molecule has 2 N–H and O–H groups in total. The number of nitrogens with zero attached hydrogens (tertiary/aromatic N) is 3. The number of aromatic nitrogens is 3. The van der Waals surface area contributed by atoms with Gasteiger partial charge in [0.05, 0.1) is 18.3 Å². The van der Waals surface area contributed by atoms with Crippen LogP contribution in [0, 0.1) is 0 Å². The maximum absolute atomic E-state index is 13.6. The molecule has 4 aromatic carbocycles. The molecule has 1 atom stereocenters. The van der Waals surface area contributed by atoms with E-state index in [0.29, 0.717) is 24.4 Å². The van der Waals surface area contributed by atoms with E-state index in [-0.39, 0.29) is 10.9 Å². The van der Waals surface area contributed by atoms with E-state index in [0.717, 1.165) is 21.9 Å². The lowest BCUT2D eigenvalue weighted by Gasteiger charge is -2.15. The highest BCUT2D eigenvalue weighted by molar-refractivity contribution is 7.90. The summed E-state index contributed by atoms with van der Waals surface area (Å²) < 4.78 is 28.8. The Kier molecular flexibility index (Phi) is 6.44. The third-order valence-electron chi connectivity index (χ3n) is 6.01. The number of rotatable bonds is 8. The van der Waals surface area contributed by atoms with Crippen molar-refractivity contribution in [2.75, 3.05) is 0 Å². The molecule has 0 aliphatic carbocycles. The summed E-state index contributed by atoms with van der Waals surface area (Å²) in [5, 5.41) is 10.4. The van der Waals surface area contributed by atoms with Crippen molar-refractivity contribution in [3.05, 3.63) is 126 Å². The zero-order chi connectivity index (χ0) is 24.3. The molecule has 0 fully saturated rings. The summed E-state index contributed by atoms with van der Waals surface area (Å²) in [5.74, 6) is 0.286. The molecule has 5 rings (SSSR count). The fourth-order valence-electron chi connectivity index (χ4n) is 4.29. The SMILES string of the molecule is N[C@@H](Cc1ccccc1)c1nnc(S(=O)(=O)Cc2ccc3ccccc3c2)n1Cc1ccccc1. The average Bonchev–Trinajstić information content (AvgIpc) is 3.30. The van der Waals surface area contributed by atoms with Crippen LogP contribution in [-0.2, 0) is 28.6 Å². The standard InChI is InChI=1S/C28H26N4O2S/c29-26(18-21-9-3-1-4-10-21)27-30-31-28(32(27)19-22-11-5-2-6-12-22)35(33,34)20-23-15-16-24-13-7-8-14-25(24)17-23/h1-17,26H,18-20,29H2/t26-/m0/s1. The molecule has 0 spiro atoms. The number of benzene rings is 4. The lowest BCUT2D eigenvalue weighted by molar-refractivity contribution is 0.553. The van der Waals surface area contributed by atoms with Crippen molar-refractivity contribution < 1.29 is 8.42 Å². The highest BCUT2D eigenvalue weighted by atomic mass is 32.2. The Bertz CT molecular complexity index is 1550. The van der Waals surface area contributed by atoms with Gasteiger partial charge in [-0.3, -0.25) is 4.57 Å². The summed E-state index contributed by atoms with van der Waals surface area (Å²) in [6, 6.07) is 32.6. The third-order valence-corrected chi connectivity index (χ3v) is 7.58. The van der Waals surface area contributed by atoms with Gasteiger partial charge in [0.1, 0.15) is 0 Å². The molecule has 0 aliphatic heterocycles. The van der Waals surface area contributed by atoms with E-state index in [2.05, 4.69) is 10.2 Å². The van der Waals surface area contributed by atoms with E-state index >= 15 is 0 Å². The molecule has 0 saturated heterocycles. The first-order valence-electron chi connectivity index (χ1n) is 11.5. The minimum absolute atomic E-state index is 0.0620. The molecule has 1 aromatic heterocycles. The predicted octanol–water partition coefficient (Wildman–Crippen LogP) is 4.70. The number of sulfone groups is 1. The van der Waals surface area contributed by atoms with Crippen molar-refractivity contribution >= 4 is 20.6 Å². The van der Waals surface area contributed by atoms with Gasteiger partial charge in [-0.05, 0) is 33.9 Å². The molecule has 0 saturated carbocycles. The summed E-state index contributed by atoms with van der Waals surface area (Å²) in [4.78, 5) is 0. The minimum Gasteiger partial charge on any atom is -0.321 e. The van der Waals surface area contributed by atoms with Crippen LogP contribution >= 0.6 is 0 Å². The van der Waals surface area contributed by atoms with Crippen LogP contribution in [0.5, 0.6) is 0 Å².